The first kappa shape index (κ1) is 19.1. The fourth-order valence-corrected chi connectivity index (χ4v) is 3.43. The van der Waals surface area contributed by atoms with Gasteiger partial charge in [-0.3, -0.25) is 0 Å². The quantitative estimate of drug-likeness (QED) is 0.497. The van der Waals surface area contributed by atoms with E-state index in [1.165, 1.54) is 12.1 Å². The van der Waals surface area contributed by atoms with Gasteiger partial charge in [-0.2, -0.15) is 13.2 Å². The zero-order chi connectivity index (χ0) is 17.9. The molecule has 0 radical (unpaired) electrons. The minimum absolute atomic E-state index is 0.297. The van der Waals surface area contributed by atoms with E-state index < -0.39 is 11.7 Å². The highest BCUT2D eigenvalue weighted by molar-refractivity contribution is 6.32. The molecule has 0 saturated heterocycles. The van der Waals surface area contributed by atoms with Crippen LogP contribution in [0, 0.1) is 0 Å². The lowest BCUT2D eigenvalue weighted by Gasteiger charge is -2.20. The number of benzene rings is 2. The Kier molecular flexibility index (Phi) is 6.22. The van der Waals surface area contributed by atoms with Crippen LogP contribution in [0.2, 0.25) is 10.0 Å². The maximum absolute atomic E-state index is 12.9. The second-order valence-electron chi connectivity index (χ2n) is 5.82. The first-order valence-electron chi connectivity index (χ1n) is 7.94. The maximum Gasteiger partial charge on any atom is 0.417 e. The van der Waals surface area contributed by atoms with Crippen molar-refractivity contribution in [3.8, 4) is 11.1 Å². The number of rotatable bonds is 5. The zero-order valence-corrected chi connectivity index (χ0v) is 15.1. The molecule has 0 bridgehead atoms. The molecule has 0 aliphatic rings. The third kappa shape index (κ3) is 4.25. The molecule has 2 aromatic carbocycles. The first-order valence-corrected chi connectivity index (χ1v) is 8.70. The van der Waals surface area contributed by atoms with Gasteiger partial charge in [0, 0.05) is 5.02 Å². The van der Waals surface area contributed by atoms with Crippen molar-refractivity contribution < 1.29 is 13.2 Å². The van der Waals surface area contributed by atoms with Gasteiger partial charge in [0.25, 0.3) is 0 Å². The van der Waals surface area contributed by atoms with Crippen molar-refractivity contribution in [1.82, 2.24) is 0 Å². The van der Waals surface area contributed by atoms with Gasteiger partial charge >= 0.3 is 6.18 Å². The molecule has 0 aliphatic carbocycles. The fraction of sp³-hybridized carbons (Fsp3) is 0.368. The highest BCUT2D eigenvalue weighted by Gasteiger charge is 2.33. The van der Waals surface area contributed by atoms with Crippen molar-refractivity contribution in [2.75, 3.05) is 0 Å². The van der Waals surface area contributed by atoms with Crippen LogP contribution in [0.5, 0.6) is 0 Å². The van der Waals surface area contributed by atoms with Crippen LogP contribution in [-0.2, 0) is 6.18 Å². The van der Waals surface area contributed by atoms with E-state index in [1.54, 1.807) is 6.07 Å². The van der Waals surface area contributed by atoms with E-state index >= 15 is 0 Å². The van der Waals surface area contributed by atoms with Crippen molar-refractivity contribution in [2.24, 2.45) is 0 Å². The van der Waals surface area contributed by atoms with Crippen molar-refractivity contribution in [3.05, 3.63) is 57.6 Å². The van der Waals surface area contributed by atoms with E-state index in [4.69, 9.17) is 23.2 Å². The Morgan fingerprint density at radius 2 is 1.71 bits per heavy atom. The van der Waals surface area contributed by atoms with Gasteiger partial charge in [0.05, 0.1) is 10.6 Å². The number of halogens is 5. The van der Waals surface area contributed by atoms with E-state index in [-0.39, 0.29) is 5.02 Å². The lowest BCUT2D eigenvalue weighted by molar-refractivity contribution is -0.137. The van der Waals surface area contributed by atoms with Crippen LogP contribution in [0.4, 0.5) is 13.2 Å². The Bertz CT molecular complexity index is 708. The molecule has 2 rings (SSSR count). The predicted molar refractivity (Wildman–Crippen MR) is 94.8 cm³/mol. The lowest BCUT2D eigenvalue weighted by Crippen LogP contribution is -2.06. The summed E-state index contributed by atoms with van der Waals surface area (Å²) >= 11 is 12.0. The van der Waals surface area contributed by atoms with Crippen LogP contribution < -0.4 is 0 Å². The second-order valence-corrected chi connectivity index (χ2v) is 6.66. The van der Waals surface area contributed by atoms with Crippen molar-refractivity contribution in [2.45, 2.75) is 45.2 Å². The van der Waals surface area contributed by atoms with Crippen molar-refractivity contribution in [1.29, 1.82) is 0 Å². The molecule has 2 aromatic rings. The molecule has 0 aromatic heterocycles. The molecule has 0 heterocycles. The van der Waals surface area contributed by atoms with Crippen LogP contribution in [0.1, 0.15) is 50.2 Å². The summed E-state index contributed by atoms with van der Waals surface area (Å²) in [5.41, 5.74) is 1.77. The fourth-order valence-electron chi connectivity index (χ4n) is 2.98. The molecule has 0 amide bonds. The summed E-state index contributed by atoms with van der Waals surface area (Å²) < 4.78 is 38.7. The smallest absolute Gasteiger partial charge is 0.166 e. The molecular weight excluding hydrogens is 356 g/mol. The Hall–Kier alpha value is -1.19. The van der Waals surface area contributed by atoms with Crippen LogP contribution >= 0.6 is 23.2 Å². The van der Waals surface area contributed by atoms with Gasteiger partial charge in [-0.15, -0.1) is 0 Å². The molecule has 1 atom stereocenters. The Morgan fingerprint density at radius 3 is 2.25 bits per heavy atom. The molecule has 5 heteroatoms. The Balaban J connectivity index is 2.55. The Labute approximate surface area is 150 Å². The molecular formula is C19H19Cl2F3. The molecule has 24 heavy (non-hydrogen) atoms. The summed E-state index contributed by atoms with van der Waals surface area (Å²) in [6.07, 6.45) is -1.45. The molecule has 130 valence electrons. The van der Waals surface area contributed by atoms with Crippen LogP contribution in [0.3, 0.4) is 0 Å². The second kappa shape index (κ2) is 7.79. The van der Waals surface area contributed by atoms with Crippen LogP contribution in [0.15, 0.2) is 36.4 Å². The van der Waals surface area contributed by atoms with Gasteiger partial charge in [-0.25, -0.2) is 0 Å². The minimum atomic E-state index is -4.46. The van der Waals surface area contributed by atoms with Gasteiger partial charge in [0.1, 0.15) is 0 Å². The molecule has 0 aliphatic heterocycles. The predicted octanol–water partition coefficient (Wildman–Crippen LogP) is 7.97. The molecule has 0 spiro atoms. The number of hydrogen-bond acceptors (Lipinski definition) is 0. The van der Waals surface area contributed by atoms with Crippen LogP contribution in [-0.4, -0.2) is 0 Å². The first-order chi connectivity index (χ1) is 11.3. The largest absolute Gasteiger partial charge is 0.417 e. The maximum atomic E-state index is 12.9. The summed E-state index contributed by atoms with van der Waals surface area (Å²) in [7, 11) is 0. The lowest BCUT2D eigenvalue weighted by atomic mass is 9.86. The zero-order valence-electron chi connectivity index (χ0n) is 13.6. The van der Waals surface area contributed by atoms with Gasteiger partial charge < -0.3 is 0 Å². The van der Waals surface area contributed by atoms with Gasteiger partial charge in [0.2, 0.25) is 0 Å². The van der Waals surface area contributed by atoms with E-state index in [0.29, 0.717) is 16.5 Å². The Morgan fingerprint density at radius 1 is 1.00 bits per heavy atom. The SMILES string of the molecule is CCCC(CC)c1ccc(Cl)cc1-c1ccc(C(F)(F)F)c(Cl)c1. The highest BCUT2D eigenvalue weighted by atomic mass is 35.5. The molecule has 0 fully saturated rings. The van der Waals surface area contributed by atoms with Crippen LogP contribution in [0.25, 0.3) is 11.1 Å². The summed E-state index contributed by atoms with van der Waals surface area (Å²) in [6.45, 7) is 4.23. The molecule has 0 N–H and O–H groups in total. The summed E-state index contributed by atoms with van der Waals surface area (Å²) in [6, 6.07) is 9.45. The summed E-state index contributed by atoms with van der Waals surface area (Å²) in [5.74, 6) is 0.336. The van der Waals surface area contributed by atoms with E-state index in [0.717, 1.165) is 36.5 Å². The van der Waals surface area contributed by atoms with Gasteiger partial charge in [0.15, 0.2) is 0 Å². The number of hydrogen-bond donors (Lipinski definition) is 0. The normalized spacial score (nSPS) is 13.1. The number of alkyl halides is 3. The van der Waals surface area contributed by atoms with E-state index in [1.807, 2.05) is 12.1 Å². The average Bonchev–Trinajstić information content (AvgIpc) is 2.51. The van der Waals surface area contributed by atoms with E-state index in [2.05, 4.69) is 13.8 Å². The standard InChI is InChI=1S/C19H19Cl2F3/c1-3-5-12(4-2)15-8-7-14(20)11-16(15)13-6-9-17(18(21)10-13)19(22,23)24/h6-12H,3-5H2,1-2H3. The van der Waals surface area contributed by atoms with Gasteiger partial charge in [-0.1, -0.05) is 55.6 Å². The van der Waals surface area contributed by atoms with Crippen molar-refractivity contribution >= 4 is 23.2 Å². The van der Waals surface area contributed by atoms with Gasteiger partial charge in [-0.05, 0) is 59.7 Å². The molecule has 0 nitrogen and oxygen atoms in total. The third-order valence-electron chi connectivity index (χ3n) is 4.17. The minimum Gasteiger partial charge on any atom is -0.166 e. The average molecular weight is 375 g/mol. The summed E-state index contributed by atoms with van der Waals surface area (Å²) in [4.78, 5) is 0. The monoisotopic (exact) mass is 374 g/mol. The topological polar surface area (TPSA) is 0 Å². The summed E-state index contributed by atoms with van der Waals surface area (Å²) in [5, 5.41) is 0.255. The van der Waals surface area contributed by atoms with E-state index in [9.17, 15) is 13.2 Å². The molecule has 1 unspecified atom stereocenters. The third-order valence-corrected chi connectivity index (χ3v) is 4.72. The molecule has 0 saturated carbocycles. The van der Waals surface area contributed by atoms with Crippen molar-refractivity contribution in [3.63, 3.8) is 0 Å². The highest BCUT2D eigenvalue weighted by Crippen LogP contribution is 2.40.